The highest BCUT2D eigenvalue weighted by atomic mass is 19.1. The van der Waals surface area contributed by atoms with Crippen LogP contribution in [0.5, 0.6) is 11.8 Å². The van der Waals surface area contributed by atoms with Crippen LogP contribution in [-0.2, 0) is 13.2 Å². The maximum Gasteiger partial charge on any atom is 0.225 e. The van der Waals surface area contributed by atoms with E-state index < -0.39 is 5.82 Å². The van der Waals surface area contributed by atoms with Crippen molar-refractivity contribution < 1.29 is 13.9 Å². The molecule has 0 spiro atoms. The summed E-state index contributed by atoms with van der Waals surface area (Å²) in [5.74, 6) is 0.320. The summed E-state index contributed by atoms with van der Waals surface area (Å²) >= 11 is 0. The van der Waals surface area contributed by atoms with Crippen molar-refractivity contribution >= 4 is 5.69 Å². The van der Waals surface area contributed by atoms with Gasteiger partial charge in [0.25, 0.3) is 0 Å². The minimum atomic E-state index is -0.481. The number of aromatic nitrogens is 1. The largest absolute Gasteiger partial charge is 0.473 e. The lowest BCUT2D eigenvalue weighted by Crippen LogP contribution is -2.02. The van der Waals surface area contributed by atoms with Gasteiger partial charge in [0.1, 0.15) is 19.0 Å². The van der Waals surface area contributed by atoms with Gasteiger partial charge in [-0.1, -0.05) is 66.7 Å². The quantitative estimate of drug-likeness (QED) is 0.409. The van der Waals surface area contributed by atoms with Gasteiger partial charge in [-0.2, -0.15) is 4.98 Å². The summed E-state index contributed by atoms with van der Waals surface area (Å²) < 4.78 is 25.9. The molecule has 30 heavy (non-hydrogen) atoms. The van der Waals surface area contributed by atoms with Gasteiger partial charge in [0.2, 0.25) is 11.8 Å². The number of nitrogen functional groups attached to an aromatic ring is 1. The van der Waals surface area contributed by atoms with E-state index in [1.54, 1.807) is 12.1 Å². The Kier molecular flexibility index (Phi) is 5.90. The van der Waals surface area contributed by atoms with Crippen LogP contribution in [0, 0.1) is 5.82 Å². The average Bonchev–Trinajstić information content (AvgIpc) is 2.79. The van der Waals surface area contributed by atoms with Crippen LogP contribution in [0.25, 0.3) is 11.1 Å². The molecule has 0 saturated carbocycles. The molecule has 1 heterocycles. The van der Waals surface area contributed by atoms with Crippen LogP contribution in [-0.4, -0.2) is 4.98 Å². The maximum atomic E-state index is 14.0. The summed E-state index contributed by atoms with van der Waals surface area (Å²) in [7, 11) is 0. The van der Waals surface area contributed by atoms with Gasteiger partial charge in [0.15, 0.2) is 0 Å². The fraction of sp³-hybridized carbons (Fsp3) is 0.0800. The van der Waals surface area contributed by atoms with E-state index in [4.69, 9.17) is 15.2 Å². The van der Waals surface area contributed by atoms with Crippen LogP contribution in [0.1, 0.15) is 11.1 Å². The van der Waals surface area contributed by atoms with E-state index in [-0.39, 0.29) is 5.69 Å². The Morgan fingerprint density at radius 2 is 1.37 bits per heavy atom. The monoisotopic (exact) mass is 400 g/mol. The Bertz CT molecular complexity index is 1120. The van der Waals surface area contributed by atoms with Crippen molar-refractivity contribution in [1.82, 2.24) is 4.98 Å². The van der Waals surface area contributed by atoms with E-state index in [0.717, 1.165) is 11.1 Å². The zero-order chi connectivity index (χ0) is 20.8. The molecule has 150 valence electrons. The van der Waals surface area contributed by atoms with Crippen molar-refractivity contribution in [3.63, 3.8) is 0 Å². The molecule has 4 aromatic rings. The van der Waals surface area contributed by atoms with E-state index in [9.17, 15) is 4.39 Å². The Morgan fingerprint density at radius 1 is 0.733 bits per heavy atom. The number of hydrogen-bond donors (Lipinski definition) is 1. The van der Waals surface area contributed by atoms with Crippen LogP contribution < -0.4 is 15.2 Å². The van der Waals surface area contributed by atoms with Gasteiger partial charge in [0.05, 0.1) is 5.69 Å². The molecule has 2 N–H and O–H groups in total. The van der Waals surface area contributed by atoms with E-state index in [1.165, 1.54) is 12.1 Å². The van der Waals surface area contributed by atoms with Crippen LogP contribution in [0.2, 0.25) is 0 Å². The summed E-state index contributed by atoms with van der Waals surface area (Å²) in [4.78, 5) is 4.53. The number of ether oxygens (including phenoxy) is 2. The van der Waals surface area contributed by atoms with E-state index in [0.29, 0.717) is 36.1 Å². The third kappa shape index (κ3) is 4.75. The highest BCUT2D eigenvalue weighted by Crippen LogP contribution is 2.32. The lowest BCUT2D eigenvalue weighted by molar-refractivity contribution is 0.268. The van der Waals surface area contributed by atoms with E-state index in [2.05, 4.69) is 4.98 Å². The molecule has 4 rings (SSSR count). The standard InChI is InChI=1S/C25H21FN2O2/c26-22-15-20(11-13-23(22)27)21-12-14-24(29-16-18-7-3-1-4-8-18)28-25(21)30-17-19-9-5-2-6-10-19/h1-15H,16-17,27H2. The van der Waals surface area contributed by atoms with Crippen LogP contribution >= 0.6 is 0 Å². The van der Waals surface area contributed by atoms with Crippen molar-refractivity contribution in [2.45, 2.75) is 13.2 Å². The summed E-state index contributed by atoms with van der Waals surface area (Å²) in [5, 5.41) is 0. The lowest BCUT2D eigenvalue weighted by atomic mass is 10.1. The Balaban J connectivity index is 1.61. The highest BCUT2D eigenvalue weighted by Gasteiger charge is 2.13. The normalized spacial score (nSPS) is 10.6. The molecular formula is C25H21FN2O2. The third-order valence-corrected chi connectivity index (χ3v) is 4.59. The molecule has 0 saturated heterocycles. The van der Waals surface area contributed by atoms with Gasteiger partial charge in [-0.05, 0) is 34.9 Å². The Morgan fingerprint density at radius 3 is 2.00 bits per heavy atom. The summed E-state index contributed by atoms with van der Waals surface area (Å²) in [6, 6.07) is 27.9. The van der Waals surface area contributed by atoms with E-state index in [1.807, 2.05) is 66.7 Å². The number of nitrogens with two attached hydrogens (primary N) is 1. The first kappa shape index (κ1) is 19.5. The maximum absolute atomic E-state index is 14.0. The smallest absolute Gasteiger partial charge is 0.225 e. The highest BCUT2D eigenvalue weighted by molar-refractivity contribution is 5.70. The topological polar surface area (TPSA) is 57.4 Å². The van der Waals surface area contributed by atoms with Crippen molar-refractivity contribution in [2.75, 3.05) is 5.73 Å². The fourth-order valence-electron chi connectivity index (χ4n) is 2.99. The van der Waals surface area contributed by atoms with Gasteiger partial charge < -0.3 is 15.2 Å². The second-order valence-corrected chi connectivity index (χ2v) is 6.79. The van der Waals surface area contributed by atoms with Crippen molar-refractivity contribution in [1.29, 1.82) is 0 Å². The predicted molar refractivity (Wildman–Crippen MR) is 116 cm³/mol. The van der Waals surface area contributed by atoms with Gasteiger partial charge >= 0.3 is 0 Å². The molecule has 0 unspecified atom stereocenters. The second-order valence-electron chi connectivity index (χ2n) is 6.79. The van der Waals surface area contributed by atoms with Crippen LogP contribution in [0.3, 0.4) is 0 Å². The molecule has 0 atom stereocenters. The molecule has 0 aliphatic rings. The number of pyridine rings is 1. The number of halogens is 1. The fourth-order valence-corrected chi connectivity index (χ4v) is 2.99. The molecular weight excluding hydrogens is 379 g/mol. The number of hydrogen-bond acceptors (Lipinski definition) is 4. The van der Waals surface area contributed by atoms with Crippen LogP contribution in [0.4, 0.5) is 10.1 Å². The molecule has 0 bridgehead atoms. The number of benzene rings is 3. The molecule has 0 radical (unpaired) electrons. The van der Waals surface area contributed by atoms with E-state index >= 15 is 0 Å². The molecule has 0 amide bonds. The third-order valence-electron chi connectivity index (χ3n) is 4.59. The van der Waals surface area contributed by atoms with Gasteiger partial charge in [-0.3, -0.25) is 0 Å². The Labute approximate surface area is 174 Å². The first-order valence-electron chi connectivity index (χ1n) is 9.59. The zero-order valence-corrected chi connectivity index (χ0v) is 16.3. The summed E-state index contributed by atoms with van der Waals surface area (Å²) in [6.07, 6.45) is 0. The first-order chi connectivity index (χ1) is 14.7. The van der Waals surface area contributed by atoms with Gasteiger partial charge in [-0.25, -0.2) is 4.39 Å². The molecule has 0 fully saturated rings. The van der Waals surface area contributed by atoms with Gasteiger partial charge in [0, 0.05) is 11.6 Å². The van der Waals surface area contributed by atoms with Crippen molar-refractivity contribution in [3.8, 4) is 22.9 Å². The molecule has 1 aromatic heterocycles. The molecule has 4 nitrogen and oxygen atoms in total. The lowest BCUT2D eigenvalue weighted by Gasteiger charge is -2.13. The predicted octanol–water partition coefficient (Wildman–Crippen LogP) is 5.63. The minimum Gasteiger partial charge on any atom is -0.473 e. The molecule has 3 aromatic carbocycles. The summed E-state index contributed by atoms with van der Waals surface area (Å²) in [5.41, 5.74) is 9.05. The molecule has 5 heteroatoms. The van der Waals surface area contributed by atoms with Crippen molar-refractivity contribution in [3.05, 3.63) is 108 Å². The molecule has 0 aliphatic heterocycles. The number of anilines is 1. The first-order valence-corrected chi connectivity index (χ1v) is 9.59. The average molecular weight is 400 g/mol. The Hall–Kier alpha value is -3.86. The number of nitrogens with zero attached hydrogens (tertiary/aromatic N) is 1. The summed E-state index contributed by atoms with van der Waals surface area (Å²) in [6.45, 7) is 0.724. The number of rotatable bonds is 7. The SMILES string of the molecule is Nc1ccc(-c2ccc(OCc3ccccc3)nc2OCc2ccccc2)cc1F. The molecule has 0 aliphatic carbocycles. The van der Waals surface area contributed by atoms with Gasteiger partial charge in [-0.15, -0.1) is 0 Å². The van der Waals surface area contributed by atoms with Crippen molar-refractivity contribution in [2.24, 2.45) is 0 Å². The zero-order valence-electron chi connectivity index (χ0n) is 16.3. The van der Waals surface area contributed by atoms with Crippen LogP contribution in [0.15, 0.2) is 91.0 Å². The minimum absolute atomic E-state index is 0.0984. The second kappa shape index (κ2) is 9.09.